The quantitative estimate of drug-likeness (QED) is 0.665. The molecule has 1 N–H and O–H groups in total. The Hall–Kier alpha value is -2.40. The molecule has 1 amide bonds. The highest BCUT2D eigenvalue weighted by Crippen LogP contribution is 2.25. The topological polar surface area (TPSA) is 59.3 Å². The van der Waals surface area contributed by atoms with Crippen LogP contribution in [0.5, 0.6) is 0 Å². The van der Waals surface area contributed by atoms with Gasteiger partial charge in [0.15, 0.2) is 5.65 Å². The van der Waals surface area contributed by atoms with Crippen molar-refractivity contribution in [1.82, 2.24) is 19.9 Å². The monoisotopic (exact) mass is 410 g/mol. The first kappa shape index (κ1) is 19.9. The van der Waals surface area contributed by atoms with E-state index in [2.05, 4.69) is 23.4 Å². The van der Waals surface area contributed by atoms with Gasteiger partial charge in [-0.3, -0.25) is 4.79 Å². The van der Waals surface area contributed by atoms with E-state index in [1.54, 1.807) is 10.7 Å². The van der Waals surface area contributed by atoms with E-state index < -0.39 is 0 Å². The Kier molecular flexibility index (Phi) is 5.59. The van der Waals surface area contributed by atoms with E-state index in [9.17, 15) is 4.79 Å². The largest absolute Gasteiger partial charge is 0.349 e. The number of hydrogen-bond acceptors (Lipinski definition) is 3. The second kappa shape index (κ2) is 8.15. The molecule has 1 aromatic carbocycles. The lowest BCUT2D eigenvalue weighted by Crippen LogP contribution is -2.41. The van der Waals surface area contributed by atoms with Gasteiger partial charge in [0.25, 0.3) is 5.91 Å². The van der Waals surface area contributed by atoms with E-state index >= 15 is 0 Å². The Bertz CT molecular complexity index is 1060. The average molecular weight is 411 g/mol. The number of carbonyl (C=O) groups is 1. The van der Waals surface area contributed by atoms with Crippen molar-refractivity contribution in [2.75, 3.05) is 0 Å². The number of aromatic nitrogens is 3. The normalized spacial score (nSPS) is 19.4. The Labute approximate surface area is 176 Å². The second-order valence-corrected chi connectivity index (χ2v) is 8.64. The summed E-state index contributed by atoms with van der Waals surface area (Å²) in [5, 5.41) is 8.42. The number of nitrogens with zero attached hydrogens (tertiary/aromatic N) is 3. The van der Waals surface area contributed by atoms with Crippen LogP contribution in [0.2, 0.25) is 5.02 Å². The van der Waals surface area contributed by atoms with Gasteiger partial charge in [-0.15, -0.1) is 0 Å². The van der Waals surface area contributed by atoms with E-state index in [0.717, 1.165) is 40.4 Å². The molecule has 5 nitrogen and oxygen atoms in total. The van der Waals surface area contributed by atoms with Crippen molar-refractivity contribution in [2.24, 2.45) is 5.92 Å². The summed E-state index contributed by atoms with van der Waals surface area (Å²) in [4.78, 5) is 17.7. The third-order valence-electron chi connectivity index (χ3n) is 6.15. The number of amides is 1. The molecule has 1 aliphatic carbocycles. The van der Waals surface area contributed by atoms with Gasteiger partial charge in [0.1, 0.15) is 5.56 Å². The fraction of sp³-hybridized carbons (Fsp3) is 0.435. The molecule has 0 spiro atoms. The van der Waals surface area contributed by atoms with Crippen LogP contribution in [0, 0.1) is 19.8 Å². The van der Waals surface area contributed by atoms with Crippen LogP contribution in [-0.4, -0.2) is 26.5 Å². The Morgan fingerprint density at radius 3 is 2.83 bits per heavy atom. The van der Waals surface area contributed by atoms with Crippen molar-refractivity contribution in [1.29, 1.82) is 0 Å². The number of nitrogens with one attached hydrogen (secondary N) is 1. The first-order valence-corrected chi connectivity index (χ1v) is 10.7. The number of fused-ring (bicyclic) bond motifs is 1. The zero-order valence-corrected chi connectivity index (χ0v) is 18.0. The van der Waals surface area contributed by atoms with Crippen LogP contribution in [0.4, 0.5) is 0 Å². The Morgan fingerprint density at radius 2 is 2.07 bits per heavy atom. The fourth-order valence-electron chi connectivity index (χ4n) is 4.35. The number of halogens is 1. The van der Waals surface area contributed by atoms with Crippen molar-refractivity contribution in [3.8, 4) is 0 Å². The van der Waals surface area contributed by atoms with E-state index in [1.165, 1.54) is 19.3 Å². The number of benzene rings is 1. The molecule has 2 atom stereocenters. The van der Waals surface area contributed by atoms with Gasteiger partial charge in [-0.1, -0.05) is 43.5 Å². The molecule has 3 aromatic rings. The van der Waals surface area contributed by atoms with Gasteiger partial charge < -0.3 is 5.32 Å². The van der Waals surface area contributed by atoms with Crippen molar-refractivity contribution >= 4 is 23.2 Å². The summed E-state index contributed by atoms with van der Waals surface area (Å²) >= 11 is 6.14. The van der Waals surface area contributed by atoms with Gasteiger partial charge in [0, 0.05) is 28.9 Å². The predicted octanol–water partition coefficient (Wildman–Crippen LogP) is 4.90. The molecule has 0 unspecified atom stereocenters. The van der Waals surface area contributed by atoms with Crippen LogP contribution in [0.15, 0.2) is 30.5 Å². The standard InChI is InChI=1S/C23H27ClN4O/c1-14-7-4-5-10-21(14)27-23(29)20-13-25-28-16(3)19(15(2)26-22(20)28)12-17-8-6-9-18(24)11-17/h6,8-9,11,13-14,21H,4-5,7,10,12H2,1-3H3,(H,27,29)/t14-,21-/m0/s1. The van der Waals surface area contributed by atoms with Gasteiger partial charge in [-0.2, -0.15) is 5.10 Å². The third-order valence-corrected chi connectivity index (χ3v) is 6.39. The average Bonchev–Trinajstić information content (AvgIpc) is 3.11. The molecule has 0 aliphatic heterocycles. The molecule has 152 valence electrons. The molecule has 0 saturated heterocycles. The zero-order chi connectivity index (χ0) is 20.5. The number of rotatable bonds is 4. The molecule has 29 heavy (non-hydrogen) atoms. The van der Waals surface area contributed by atoms with Crippen LogP contribution in [-0.2, 0) is 6.42 Å². The van der Waals surface area contributed by atoms with Gasteiger partial charge >= 0.3 is 0 Å². The number of hydrogen-bond donors (Lipinski definition) is 1. The molecule has 1 saturated carbocycles. The number of aryl methyl sites for hydroxylation is 2. The van der Waals surface area contributed by atoms with Gasteiger partial charge in [-0.05, 0) is 55.9 Å². The van der Waals surface area contributed by atoms with Crippen molar-refractivity contribution in [3.63, 3.8) is 0 Å². The highest BCUT2D eigenvalue weighted by Gasteiger charge is 2.25. The molecule has 4 rings (SSSR count). The van der Waals surface area contributed by atoms with Crippen molar-refractivity contribution in [2.45, 2.75) is 58.9 Å². The molecule has 0 bridgehead atoms. The summed E-state index contributed by atoms with van der Waals surface area (Å²) < 4.78 is 1.78. The van der Waals surface area contributed by atoms with Crippen LogP contribution >= 0.6 is 11.6 Å². The summed E-state index contributed by atoms with van der Waals surface area (Å²) in [5.41, 5.74) is 5.31. The molecular formula is C23H27ClN4O. The minimum Gasteiger partial charge on any atom is -0.349 e. The zero-order valence-electron chi connectivity index (χ0n) is 17.2. The van der Waals surface area contributed by atoms with Crippen LogP contribution in [0.25, 0.3) is 5.65 Å². The highest BCUT2D eigenvalue weighted by molar-refractivity contribution is 6.30. The molecule has 0 radical (unpaired) electrons. The molecule has 2 aromatic heterocycles. The summed E-state index contributed by atoms with van der Waals surface area (Å²) in [5.74, 6) is 0.433. The van der Waals surface area contributed by atoms with Gasteiger partial charge in [0.05, 0.1) is 6.20 Å². The molecule has 1 aliphatic rings. The van der Waals surface area contributed by atoms with Gasteiger partial charge in [0.2, 0.25) is 0 Å². The maximum atomic E-state index is 13.0. The summed E-state index contributed by atoms with van der Waals surface area (Å²) in [7, 11) is 0. The lowest BCUT2D eigenvalue weighted by molar-refractivity contribution is 0.0912. The third kappa shape index (κ3) is 4.01. The molecular weight excluding hydrogens is 384 g/mol. The van der Waals surface area contributed by atoms with Crippen LogP contribution < -0.4 is 5.32 Å². The SMILES string of the molecule is Cc1nc2c(C(=O)N[C@H]3CCCC[C@@H]3C)cnn2c(C)c1Cc1cccc(Cl)c1. The lowest BCUT2D eigenvalue weighted by atomic mass is 9.86. The minimum absolute atomic E-state index is 0.0763. The van der Waals surface area contributed by atoms with E-state index in [4.69, 9.17) is 16.6 Å². The first-order valence-electron chi connectivity index (χ1n) is 10.3. The summed E-state index contributed by atoms with van der Waals surface area (Å²) in [6, 6.07) is 8.09. The summed E-state index contributed by atoms with van der Waals surface area (Å²) in [6.45, 7) is 6.24. The van der Waals surface area contributed by atoms with Crippen molar-refractivity contribution in [3.05, 3.63) is 63.6 Å². The Balaban J connectivity index is 1.64. The van der Waals surface area contributed by atoms with Gasteiger partial charge in [-0.25, -0.2) is 9.50 Å². The molecule has 1 fully saturated rings. The highest BCUT2D eigenvalue weighted by atomic mass is 35.5. The number of carbonyl (C=O) groups excluding carboxylic acids is 1. The van der Waals surface area contributed by atoms with E-state index in [0.29, 0.717) is 17.1 Å². The van der Waals surface area contributed by atoms with Crippen molar-refractivity contribution < 1.29 is 4.79 Å². The second-order valence-electron chi connectivity index (χ2n) is 8.20. The first-order chi connectivity index (χ1) is 13.9. The molecule has 6 heteroatoms. The Morgan fingerprint density at radius 1 is 1.28 bits per heavy atom. The fourth-order valence-corrected chi connectivity index (χ4v) is 4.57. The lowest BCUT2D eigenvalue weighted by Gasteiger charge is -2.29. The van der Waals surface area contributed by atoms with Crippen LogP contribution in [0.1, 0.15) is 65.5 Å². The van der Waals surface area contributed by atoms with E-state index in [1.807, 2.05) is 32.0 Å². The maximum Gasteiger partial charge on any atom is 0.256 e. The molecule has 2 heterocycles. The maximum absolute atomic E-state index is 13.0. The smallest absolute Gasteiger partial charge is 0.256 e. The minimum atomic E-state index is -0.0763. The van der Waals surface area contributed by atoms with E-state index in [-0.39, 0.29) is 11.9 Å². The predicted molar refractivity (Wildman–Crippen MR) is 116 cm³/mol. The summed E-state index contributed by atoms with van der Waals surface area (Å²) in [6.07, 6.45) is 7.00. The van der Waals surface area contributed by atoms with Crippen LogP contribution in [0.3, 0.4) is 0 Å².